The summed E-state index contributed by atoms with van der Waals surface area (Å²) < 4.78 is 0. The van der Waals surface area contributed by atoms with Gasteiger partial charge in [-0.15, -0.1) is 0 Å². The second-order valence-electron chi connectivity index (χ2n) is 5.44. The number of nitrogens with two attached hydrogens (primary N) is 1. The standard InChI is InChI=1S/C14H19N3O3/c1-14(13(15)18)7-2-3-8-16(14)10-11-5-4-6-12(9-11)17(19)20/h4-6,9H,2-3,7-8,10H2,1H3,(H2,15,18)/t14-/m0/s1. The zero-order valence-corrected chi connectivity index (χ0v) is 11.5. The minimum absolute atomic E-state index is 0.0697. The molecule has 0 bridgehead atoms. The summed E-state index contributed by atoms with van der Waals surface area (Å²) in [6, 6.07) is 6.52. The van der Waals surface area contributed by atoms with Crippen LogP contribution in [0, 0.1) is 10.1 Å². The molecule has 1 heterocycles. The molecule has 0 unspecified atom stereocenters. The molecule has 6 heteroatoms. The predicted octanol–water partition coefficient (Wildman–Crippen LogP) is 1.82. The number of nitro groups is 1. The molecule has 0 aromatic heterocycles. The number of rotatable bonds is 4. The van der Waals surface area contributed by atoms with Crippen LogP contribution in [-0.2, 0) is 11.3 Å². The molecule has 2 rings (SSSR count). The lowest BCUT2D eigenvalue weighted by atomic mass is 9.87. The lowest BCUT2D eigenvalue weighted by Crippen LogP contribution is -2.57. The van der Waals surface area contributed by atoms with E-state index in [4.69, 9.17) is 5.73 Å². The summed E-state index contributed by atoms with van der Waals surface area (Å²) in [6.07, 6.45) is 2.72. The Bertz CT molecular complexity index is 532. The molecule has 1 aromatic carbocycles. The molecule has 1 amide bonds. The van der Waals surface area contributed by atoms with Gasteiger partial charge in [0.2, 0.25) is 5.91 Å². The zero-order valence-electron chi connectivity index (χ0n) is 11.5. The number of nitrogens with zero attached hydrogens (tertiary/aromatic N) is 2. The minimum Gasteiger partial charge on any atom is -0.368 e. The number of likely N-dealkylation sites (tertiary alicyclic amines) is 1. The molecule has 1 aromatic rings. The highest BCUT2D eigenvalue weighted by Gasteiger charge is 2.39. The number of hydrogen-bond acceptors (Lipinski definition) is 4. The van der Waals surface area contributed by atoms with Gasteiger partial charge in [0.15, 0.2) is 0 Å². The van der Waals surface area contributed by atoms with E-state index in [9.17, 15) is 14.9 Å². The maximum atomic E-state index is 11.7. The van der Waals surface area contributed by atoms with E-state index >= 15 is 0 Å². The zero-order chi connectivity index (χ0) is 14.8. The van der Waals surface area contributed by atoms with Crippen molar-refractivity contribution in [3.05, 3.63) is 39.9 Å². The average molecular weight is 277 g/mol. The average Bonchev–Trinajstić information content (AvgIpc) is 2.41. The fraction of sp³-hybridized carbons (Fsp3) is 0.500. The Labute approximate surface area is 117 Å². The topological polar surface area (TPSA) is 89.5 Å². The van der Waals surface area contributed by atoms with Crippen LogP contribution < -0.4 is 5.73 Å². The van der Waals surface area contributed by atoms with Crippen molar-refractivity contribution in [2.45, 2.75) is 38.3 Å². The summed E-state index contributed by atoms with van der Waals surface area (Å²) in [5, 5.41) is 10.8. The van der Waals surface area contributed by atoms with Gasteiger partial charge in [-0.05, 0) is 38.3 Å². The summed E-state index contributed by atoms with van der Waals surface area (Å²) in [6.45, 7) is 3.13. The Morgan fingerprint density at radius 3 is 2.90 bits per heavy atom. The lowest BCUT2D eigenvalue weighted by Gasteiger charge is -2.42. The molecule has 0 radical (unpaired) electrons. The fourth-order valence-electron chi connectivity index (χ4n) is 2.70. The molecule has 1 fully saturated rings. The lowest BCUT2D eigenvalue weighted by molar-refractivity contribution is -0.384. The van der Waals surface area contributed by atoms with E-state index in [0.717, 1.165) is 31.4 Å². The van der Waals surface area contributed by atoms with E-state index in [-0.39, 0.29) is 11.6 Å². The van der Waals surface area contributed by atoms with Gasteiger partial charge in [0, 0.05) is 18.7 Å². The molecule has 0 saturated carbocycles. The van der Waals surface area contributed by atoms with Crippen LogP contribution in [0.5, 0.6) is 0 Å². The van der Waals surface area contributed by atoms with Gasteiger partial charge >= 0.3 is 0 Å². The maximum absolute atomic E-state index is 11.7. The van der Waals surface area contributed by atoms with Crippen LogP contribution in [0.3, 0.4) is 0 Å². The first kappa shape index (κ1) is 14.5. The van der Waals surface area contributed by atoms with Crippen molar-refractivity contribution in [3.8, 4) is 0 Å². The first-order chi connectivity index (χ1) is 9.43. The molecule has 20 heavy (non-hydrogen) atoms. The molecule has 1 aliphatic rings. The number of nitro benzene ring substituents is 1. The number of non-ortho nitro benzene ring substituents is 1. The second kappa shape index (κ2) is 5.58. The van der Waals surface area contributed by atoms with Gasteiger partial charge in [0.25, 0.3) is 5.69 Å². The molecule has 1 aliphatic heterocycles. The van der Waals surface area contributed by atoms with Crippen LogP contribution in [0.15, 0.2) is 24.3 Å². The first-order valence-electron chi connectivity index (χ1n) is 6.72. The second-order valence-corrected chi connectivity index (χ2v) is 5.44. The maximum Gasteiger partial charge on any atom is 0.269 e. The highest BCUT2D eigenvalue weighted by atomic mass is 16.6. The van der Waals surface area contributed by atoms with E-state index in [2.05, 4.69) is 0 Å². The number of amides is 1. The van der Waals surface area contributed by atoms with Gasteiger partial charge in [-0.25, -0.2) is 0 Å². The minimum atomic E-state index is -0.664. The predicted molar refractivity (Wildman–Crippen MR) is 75.0 cm³/mol. The monoisotopic (exact) mass is 277 g/mol. The number of carbonyl (C=O) groups excluding carboxylic acids is 1. The summed E-state index contributed by atoms with van der Waals surface area (Å²) in [4.78, 5) is 24.1. The van der Waals surface area contributed by atoms with Gasteiger partial charge in [-0.2, -0.15) is 0 Å². The molecule has 0 aliphatic carbocycles. The number of benzene rings is 1. The van der Waals surface area contributed by atoms with Crippen molar-refractivity contribution in [3.63, 3.8) is 0 Å². The van der Waals surface area contributed by atoms with Crippen LogP contribution in [0.2, 0.25) is 0 Å². The number of primary amides is 1. The quantitative estimate of drug-likeness (QED) is 0.671. The van der Waals surface area contributed by atoms with Gasteiger partial charge in [0.05, 0.1) is 10.5 Å². The molecule has 108 valence electrons. The Kier molecular flexibility index (Phi) is 4.04. The van der Waals surface area contributed by atoms with E-state index in [0.29, 0.717) is 6.54 Å². The summed E-state index contributed by atoms with van der Waals surface area (Å²) in [5.74, 6) is -0.331. The molecule has 2 N–H and O–H groups in total. The molecule has 1 saturated heterocycles. The third-order valence-electron chi connectivity index (χ3n) is 4.07. The Morgan fingerprint density at radius 2 is 2.25 bits per heavy atom. The normalized spacial score (nSPS) is 23.4. The Morgan fingerprint density at radius 1 is 1.50 bits per heavy atom. The van der Waals surface area contributed by atoms with Crippen molar-refractivity contribution in [1.29, 1.82) is 0 Å². The fourth-order valence-corrected chi connectivity index (χ4v) is 2.70. The van der Waals surface area contributed by atoms with Gasteiger partial charge in [0.1, 0.15) is 0 Å². The highest BCUT2D eigenvalue weighted by Crippen LogP contribution is 2.29. The van der Waals surface area contributed by atoms with E-state index < -0.39 is 10.5 Å². The van der Waals surface area contributed by atoms with E-state index in [1.165, 1.54) is 6.07 Å². The Hall–Kier alpha value is -1.95. The summed E-state index contributed by atoms with van der Waals surface area (Å²) in [7, 11) is 0. The smallest absolute Gasteiger partial charge is 0.269 e. The van der Waals surface area contributed by atoms with Crippen molar-refractivity contribution in [1.82, 2.24) is 4.90 Å². The molecule has 6 nitrogen and oxygen atoms in total. The summed E-state index contributed by atoms with van der Waals surface area (Å²) >= 11 is 0. The van der Waals surface area contributed by atoms with Crippen molar-refractivity contribution in [2.24, 2.45) is 5.73 Å². The van der Waals surface area contributed by atoms with Gasteiger partial charge in [-0.1, -0.05) is 12.1 Å². The Balaban J connectivity index is 2.21. The molecule has 0 spiro atoms. The van der Waals surface area contributed by atoms with Crippen molar-refractivity contribution >= 4 is 11.6 Å². The van der Waals surface area contributed by atoms with Crippen molar-refractivity contribution < 1.29 is 9.72 Å². The number of hydrogen-bond donors (Lipinski definition) is 1. The van der Waals surface area contributed by atoms with E-state index in [1.807, 2.05) is 17.9 Å². The van der Waals surface area contributed by atoms with Crippen LogP contribution in [0.25, 0.3) is 0 Å². The molecular weight excluding hydrogens is 258 g/mol. The third-order valence-corrected chi connectivity index (χ3v) is 4.07. The van der Waals surface area contributed by atoms with Crippen LogP contribution in [-0.4, -0.2) is 27.8 Å². The van der Waals surface area contributed by atoms with Crippen LogP contribution in [0.1, 0.15) is 31.7 Å². The van der Waals surface area contributed by atoms with Gasteiger partial charge < -0.3 is 5.73 Å². The largest absolute Gasteiger partial charge is 0.368 e. The summed E-state index contributed by atoms with van der Waals surface area (Å²) in [5.41, 5.74) is 5.77. The highest BCUT2D eigenvalue weighted by molar-refractivity contribution is 5.84. The number of piperidine rings is 1. The van der Waals surface area contributed by atoms with Crippen LogP contribution in [0.4, 0.5) is 5.69 Å². The third kappa shape index (κ3) is 2.80. The molecular formula is C14H19N3O3. The number of carbonyl (C=O) groups is 1. The van der Waals surface area contributed by atoms with E-state index in [1.54, 1.807) is 12.1 Å². The van der Waals surface area contributed by atoms with Crippen molar-refractivity contribution in [2.75, 3.05) is 6.54 Å². The van der Waals surface area contributed by atoms with Gasteiger partial charge in [-0.3, -0.25) is 19.8 Å². The van der Waals surface area contributed by atoms with Crippen LogP contribution >= 0.6 is 0 Å². The first-order valence-corrected chi connectivity index (χ1v) is 6.72. The SMILES string of the molecule is C[C@@]1(C(N)=O)CCCCN1Cc1cccc([N+](=O)[O-])c1. The molecule has 1 atom stereocenters.